The normalized spacial score (nSPS) is 14.8. The Balaban J connectivity index is 1.59. The molecule has 0 bridgehead atoms. The number of aliphatic hydroxyl groups is 1. The smallest absolute Gasteiger partial charge is 0.228 e. The molecule has 28 heavy (non-hydrogen) atoms. The van der Waals surface area contributed by atoms with Crippen molar-refractivity contribution < 1.29 is 9.90 Å². The van der Waals surface area contributed by atoms with Crippen LogP contribution in [0.25, 0.3) is 22.0 Å². The molecule has 1 saturated carbocycles. The minimum atomic E-state index is -0.616. The van der Waals surface area contributed by atoms with Gasteiger partial charge in [-0.25, -0.2) is 4.98 Å². The summed E-state index contributed by atoms with van der Waals surface area (Å²) in [7, 11) is 0. The van der Waals surface area contributed by atoms with Crippen LogP contribution >= 0.6 is 11.6 Å². The third kappa shape index (κ3) is 3.98. The molecule has 1 fully saturated rings. The van der Waals surface area contributed by atoms with Gasteiger partial charge < -0.3 is 10.4 Å². The van der Waals surface area contributed by atoms with Crippen LogP contribution in [0.3, 0.4) is 0 Å². The predicted molar refractivity (Wildman–Crippen MR) is 109 cm³/mol. The number of carbonyl (C=O) groups is 1. The van der Waals surface area contributed by atoms with Gasteiger partial charge in [0.1, 0.15) is 5.82 Å². The van der Waals surface area contributed by atoms with Crippen LogP contribution in [0.5, 0.6) is 0 Å². The maximum absolute atomic E-state index is 11.9. The summed E-state index contributed by atoms with van der Waals surface area (Å²) in [6.45, 7) is 2.01. The lowest BCUT2D eigenvalue weighted by Gasteiger charge is -2.11. The fourth-order valence-corrected chi connectivity index (χ4v) is 3.32. The van der Waals surface area contributed by atoms with Crippen molar-refractivity contribution in [2.45, 2.75) is 38.7 Å². The van der Waals surface area contributed by atoms with Crippen molar-refractivity contribution in [2.75, 3.05) is 5.32 Å². The zero-order valence-corrected chi connectivity index (χ0v) is 16.3. The fourth-order valence-electron chi connectivity index (χ4n) is 3.06. The van der Waals surface area contributed by atoms with Crippen LogP contribution < -0.4 is 5.32 Å². The molecule has 144 valence electrons. The molecule has 1 atom stereocenters. The highest BCUT2D eigenvalue weighted by Gasteiger charge is 2.29. The Hall–Kier alpha value is -2.57. The largest absolute Gasteiger partial charge is 0.387 e. The number of hydrogen-bond acceptors (Lipinski definition) is 5. The van der Waals surface area contributed by atoms with Crippen molar-refractivity contribution in [3.8, 4) is 11.3 Å². The van der Waals surface area contributed by atoms with Gasteiger partial charge in [-0.3, -0.25) is 14.8 Å². The number of nitrogens with one attached hydrogen (secondary N) is 1. The van der Waals surface area contributed by atoms with Crippen LogP contribution in [0, 0.1) is 5.92 Å². The molecule has 4 rings (SSSR count). The summed E-state index contributed by atoms with van der Waals surface area (Å²) in [4.78, 5) is 25.1. The summed E-state index contributed by atoms with van der Waals surface area (Å²) >= 11 is 6.42. The molecule has 2 N–H and O–H groups in total. The van der Waals surface area contributed by atoms with E-state index in [4.69, 9.17) is 11.6 Å². The van der Waals surface area contributed by atoms with Gasteiger partial charge in [0.2, 0.25) is 5.91 Å². The van der Waals surface area contributed by atoms with E-state index in [-0.39, 0.29) is 11.8 Å². The average Bonchev–Trinajstić information content (AvgIpc) is 3.53. The Bertz CT molecular complexity index is 1040. The number of nitrogens with zero attached hydrogens (tertiary/aromatic N) is 3. The number of anilines is 1. The van der Waals surface area contributed by atoms with Gasteiger partial charge in [0.05, 0.1) is 22.5 Å². The SMILES string of the molecule is CCC[C@H](O)c1cc(Cl)c(-c2cc3cnc(NC(=O)C4CC4)cc3cn2)cn1. The van der Waals surface area contributed by atoms with Crippen LogP contribution in [-0.4, -0.2) is 26.0 Å². The van der Waals surface area contributed by atoms with Crippen LogP contribution in [0.15, 0.2) is 36.8 Å². The number of aliphatic hydroxyl groups excluding tert-OH is 1. The number of rotatable bonds is 6. The van der Waals surface area contributed by atoms with E-state index in [2.05, 4.69) is 20.3 Å². The first-order valence-electron chi connectivity index (χ1n) is 9.45. The Morgan fingerprint density at radius 3 is 2.64 bits per heavy atom. The van der Waals surface area contributed by atoms with E-state index in [1.54, 1.807) is 24.7 Å². The first kappa shape index (κ1) is 18.8. The number of carbonyl (C=O) groups excluding carboxylic acids is 1. The minimum absolute atomic E-state index is 0.0274. The molecule has 3 aromatic heterocycles. The monoisotopic (exact) mass is 396 g/mol. The molecule has 1 aliphatic rings. The van der Waals surface area contributed by atoms with Crippen molar-refractivity contribution in [1.82, 2.24) is 15.0 Å². The highest BCUT2D eigenvalue weighted by atomic mass is 35.5. The van der Waals surface area contributed by atoms with Crippen molar-refractivity contribution in [3.05, 3.63) is 47.5 Å². The van der Waals surface area contributed by atoms with Gasteiger partial charge in [-0.05, 0) is 37.5 Å². The molecule has 7 heteroatoms. The van der Waals surface area contributed by atoms with E-state index in [1.165, 1.54) is 0 Å². The Morgan fingerprint density at radius 1 is 1.18 bits per heavy atom. The van der Waals surface area contributed by atoms with Gasteiger partial charge in [0.25, 0.3) is 0 Å². The van der Waals surface area contributed by atoms with Crippen LogP contribution in [0.4, 0.5) is 5.82 Å². The fraction of sp³-hybridized carbons (Fsp3) is 0.333. The van der Waals surface area contributed by atoms with Crippen molar-refractivity contribution in [3.63, 3.8) is 0 Å². The van der Waals surface area contributed by atoms with Crippen molar-refractivity contribution in [2.24, 2.45) is 5.92 Å². The van der Waals surface area contributed by atoms with E-state index in [0.29, 0.717) is 34.2 Å². The number of amides is 1. The Kier molecular flexibility index (Phi) is 5.24. The molecule has 0 saturated heterocycles. The van der Waals surface area contributed by atoms with Crippen LogP contribution in [-0.2, 0) is 4.79 Å². The lowest BCUT2D eigenvalue weighted by molar-refractivity contribution is -0.117. The topological polar surface area (TPSA) is 88.0 Å². The molecule has 6 nitrogen and oxygen atoms in total. The zero-order valence-electron chi connectivity index (χ0n) is 15.5. The molecule has 0 unspecified atom stereocenters. The molecular weight excluding hydrogens is 376 g/mol. The molecule has 1 aliphatic carbocycles. The van der Waals surface area contributed by atoms with Gasteiger partial charge in [-0.1, -0.05) is 24.9 Å². The molecular formula is C21H21ClN4O2. The summed E-state index contributed by atoms with van der Waals surface area (Å²) in [6, 6.07) is 5.40. The second-order valence-electron chi connectivity index (χ2n) is 7.14. The zero-order chi connectivity index (χ0) is 19.7. The predicted octanol–water partition coefficient (Wildman–Crippen LogP) is 4.53. The standard InChI is InChI=1S/C21H21ClN4O2/c1-2-3-19(27)18-8-16(22)15(11-24-18)17-6-13-10-25-20(7-14(13)9-23-17)26-21(28)12-4-5-12/h6-12,19,27H,2-5H2,1H3,(H,25,26,28)/t19-/m0/s1. The first-order valence-corrected chi connectivity index (χ1v) is 9.83. The van der Waals surface area contributed by atoms with E-state index in [9.17, 15) is 9.90 Å². The van der Waals surface area contributed by atoms with Crippen molar-refractivity contribution in [1.29, 1.82) is 0 Å². The highest BCUT2D eigenvalue weighted by Crippen LogP contribution is 2.32. The number of halogens is 1. The summed E-state index contributed by atoms with van der Waals surface area (Å²) in [5.74, 6) is 0.694. The third-order valence-electron chi connectivity index (χ3n) is 4.86. The molecule has 0 aliphatic heterocycles. The lowest BCUT2D eigenvalue weighted by atomic mass is 10.1. The summed E-state index contributed by atoms with van der Waals surface area (Å²) in [5, 5.41) is 15.2. The summed E-state index contributed by atoms with van der Waals surface area (Å²) in [5.41, 5.74) is 1.94. The summed E-state index contributed by atoms with van der Waals surface area (Å²) in [6.07, 6.45) is 7.88. The van der Waals surface area contributed by atoms with E-state index >= 15 is 0 Å². The second-order valence-corrected chi connectivity index (χ2v) is 7.55. The summed E-state index contributed by atoms with van der Waals surface area (Å²) < 4.78 is 0. The van der Waals surface area contributed by atoms with Gasteiger partial charge in [0, 0.05) is 40.8 Å². The number of aromatic nitrogens is 3. The number of pyridine rings is 3. The number of hydrogen-bond donors (Lipinski definition) is 2. The second kappa shape index (κ2) is 7.81. The van der Waals surface area contributed by atoms with Gasteiger partial charge >= 0.3 is 0 Å². The Labute approximate surface area is 168 Å². The maximum atomic E-state index is 11.9. The molecule has 0 spiro atoms. The lowest BCUT2D eigenvalue weighted by Crippen LogP contribution is -2.14. The van der Waals surface area contributed by atoms with Gasteiger partial charge in [-0.2, -0.15) is 0 Å². The van der Waals surface area contributed by atoms with Crippen LogP contribution in [0.1, 0.15) is 44.4 Å². The third-order valence-corrected chi connectivity index (χ3v) is 5.17. The van der Waals surface area contributed by atoms with E-state index in [1.807, 2.05) is 19.1 Å². The minimum Gasteiger partial charge on any atom is -0.387 e. The first-order chi connectivity index (χ1) is 13.5. The number of fused-ring (bicyclic) bond motifs is 1. The van der Waals surface area contributed by atoms with Gasteiger partial charge in [0.15, 0.2) is 0 Å². The average molecular weight is 397 g/mol. The van der Waals surface area contributed by atoms with E-state index < -0.39 is 6.10 Å². The molecule has 0 radical (unpaired) electrons. The molecule has 3 heterocycles. The van der Waals surface area contributed by atoms with Gasteiger partial charge in [-0.15, -0.1) is 0 Å². The highest BCUT2D eigenvalue weighted by molar-refractivity contribution is 6.33. The van der Waals surface area contributed by atoms with Crippen LogP contribution in [0.2, 0.25) is 5.02 Å². The molecule has 0 aromatic carbocycles. The molecule has 1 amide bonds. The quantitative estimate of drug-likeness (QED) is 0.639. The maximum Gasteiger partial charge on any atom is 0.228 e. The molecule has 3 aromatic rings. The van der Waals surface area contributed by atoms with Crippen molar-refractivity contribution >= 4 is 34.1 Å². The van der Waals surface area contributed by atoms with E-state index in [0.717, 1.165) is 30.0 Å². The Morgan fingerprint density at radius 2 is 1.93 bits per heavy atom.